The van der Waals surface area contributed by atoms with Crippen LogP contribution in [0.1, 0.15) is 284 Å². The molecule has 6 heteroatoms. The molecule has 0 heterocycles. The molecule has 0 spiro atoms. The van der Waals surface area contributed by atoms with Gasteiger partial charge in [-0.15, -0.1) is 0 Å². The Morgan fingerprint density at radius 1 is 0.292 bits per heavy atom. The van der Waals surface area contributed by atoms with Crippen molar-refractivity contribution in [3.63, 3.8) is 0 Å². The lowest BCUT2D eigenvalue weighted by Gasteiger charge is -2.18. The number of hydrogen-bond acceptors (Lipinski definition) is 6. The Kier molecular flexibility index (Phi) is 56.8. The Balaban J connectivity index is 4.03. The van der Waals surface area contributed by atoms with E-state index in [1.54, 1.807) is 0 Å². The normalized spacial score (nSPS) is 12.8. The molecule has 0 aliphatic rings. The lowest BCUT2D eigenvalue weighted by molar-refractivity contribution is -0.167. The summed E-state index contributed by atoms with van der Waals surface area (Å²) in [7, 11) is 0. The number of unbranched alkanes of at least 4 members (excludes halogenated alkanes) is 27. The largest absolute Gasteiger partial charge is 0.462 e. The van der Waals surface area contributed by atoms with Crippen LogP contribution in [0.4, 0.5) is 0 Å². The van der Waals surface area contributed by atoms with Crippen LogP contribution in [0.5, 0.6) is 0 Å². The van der Waals surface area contributed by atoms with Crippen molar-refractivity contribution in [1.82, 2.24) is 0 Å². The van der Waals surface area contributed by atoms with Crippen molar-refractivity contribution in [1.29, 1.82) is 0 Å². The third kappa shape index (κ3) is 57.2. The van der Waals surface area contributed by atoms with Crippen molar-refractivity contribution >= 4 is 17.9 Å². The number of hydrogen-bond donors (Lipinski definition) is 0. The van der Waals surface area contributed by atoms with Gasteiger partial charge in [0.05, 0.1) is 0 Å². The van der Waals surface area contributed by atoms with Crippen LogP contribution in [-0.4, -0.2) is 37.2 Å². The van der Waals surface area contributed by atoms with Gasteiger partial charge in [0.2, 0.25) is 0 Å². The van der Waals surface area contributed by atoms with Gasteiger partial charge in [-0.2, -0.15) is 0 Å². The summed E-state index contributed by atoms with van der Waals surface area (Å²) in [4.78, 5) is 37.9. The van der Waals surface area contributed by atoms with Crippen molar-refractivity contribution in [3.8, 4) is 0 Å². The van der Waals surface area contributed by atoms with E-state index in [4.69, 9.17) is 14.2 Å². The van der Waals surface area contributed by atoms with E-state index in [1.165, 1.54) is 122 Å². The van der Waals surface area contributed by atoms with Crippen molar-refractivity contribution in [2.24, 2.45) is 0 Å². The monoisotopic (exact) mass is 1000 g/mol. The molecule has 0 aromatic carbocycles. The summed E-state index contributed by atoms with van der Waals surface area (Å²) in [6, 6.07) is 0. The molecule has 72 heavy (non-hydrogen) atoms. The Morgan fingerprint density at radius 2 is 0.542 bits per heavy atom. The highest BCUT2D eigenvalue weighted by Gasteiger charge is 2.19. The molecule has 0 radical (unpaired) electrons. The minimum absolute atomic E-state index is 0.0812. The molecule has 0 aromatic rings. The second-order valence-corrected chi connectivity index (χ2v) is 19.9. The van der Waals surface area contributed by atoms with Gasteiger partial charge in [-0.05, 0) is 103 Å². The average molecular weight is 1000 g/mol. The predicted molar refractivity (Wildman–Crippen MR) is 311 cm³/mol. The molecule has 6 nitrogen and oxygen atoms in total. The lowest BCUT2D eigenvalue weighted by atomic mass is 10.0. The van der Waals surface area contributed by atoms with Gasteiger partial charge >= 0.3 is 17.9 Å². The SMILES string of the molecule is CC/C=C\C/C=C\C/C=C\C/C=C\C/C=C\C/C=C\CCCCCCCCCCCCCCCCC(=O)OCC(COC(=O)CCCCCCCC)OC(=O)CCCCCCC/C=C\C/C=C\CCCCC. The zero-order chi connectivity index (χ0) is 52.2. The molecule has 0 saturated heterocycles. The third-order valence-electron chi connectivity index (χ3n) is 12.8. The van der Waals surface area contributed by atoms with Gasteiger partial charge in [0, 0.05) is 19.3 Å². The maximum absolute atomic E-state index is 12.8. The van der Waals surface area contributed by atoms with Gasteiger partial charge in [0.1, 0.15) is 13.2 Å². The summed E-state index contributed by atoms with van der Waals surface area (Å²) in [6.07, 6.45) is 80.2. The van der Waals surface area contributed by atoms with Crippen LogP contribution >= 0.6 is 0 Å². The standard InChI is InChI=1S/C66H112O6/c1-4-7-10-13-16-18-20-22-24-25-26-27-28-29-30-31-32-33-34-35-36-37-38-39-40-41-43-44-46-48-50-53-56-59-65(68)71-62-63(61-70-64(67)58-55-52-15-12-9-6-3)72-66(69)60-57-54-51-49-47-45-42-23-21-19-17-14-11-8-5-2/h7,10,16-19,22-24,26-27,29-30,32-33,42,63H,4-6,8-9,11-15,20-21,25,28,31,34-41,43-62H2,1-3H3/b10-7-,18-16-,19-17-,24-22-,27-26-,30-29-,33-32-,42-23-. The van der Waals surface area contributed by atoms with E-state index in [2.05, 4.69) is 118 Å². The number of carbonyl (C=O) groups excluding carboxylic acids is 3. The quantitative estimate of drug-likeness (QED) is 0.0261. The van der Waals surface area contributed by atoms with Crippen LogP contribution in [-0.2, 0) is 28.6 Å². The number of carbonyl (C=O) groups is 3. The zero-order valence-corrected chi connectivity index (χ0v) is 47.2. The highest BCUT2D eigenvalue weighted by Crippen LogP contribution is 2.16. The first-order valence-corrected chi connectivity index (χ1v) is 30.2. The molecule has 1 unspecified atom stereocenters. The maximum atomic E-state index is 12.8. The minimum atomic E-state index is -0.780. The third-order valence-corrected chi connectivity index (χ3v) is 12.8. The molecule has 0 aliphatic heterocycles. The first-order chi connectivity index (χ1) is 35.5. The molecule has 0 aliphatic carbocycles. The van der Waals surface area contributed by atoms with E-state index >= 15 is 0 Å². The fourth-order valence-electron chi connectivity index (χ4n) is 8.30. The van der Waals surface area contributed by atoms with Gasteiger partial charge in [-0.1, -0.05) is 259 Å². The van der Waals surface area contributed by atoms with E-state index in [9.17, 15) is 14.4 Å². The molecule has 0 rings (SSSR count). The maximum Gasteiger partial charge on any atom is 0.306 e. The topological polar surface area (TPSA) is 78.9 Å². The molecule has 0 fully saturated rings. The van der Waals surface area contributed by atoms with E-state index < -0.39 is 6.10 Å². The number of allylic oxidation sites excluding steroid dienone is 16. The van der Waals surface area contributed by atoms with Gasteiger partial charge < -0.3 is 14.2 Å². The van der Waals surface area contributed by atoms with Crippen LogP contribution in [0.25, 0.3) is 0 Å². The predicted octanol–water partition coefficient (Wildman–Crippen LogP) is 20.5. The summed E-state index contributed by atoms with van der Waals surface area (Å²) in [5.74, 6) is -0.901. The van der Waals surface area contributed by atoms with Crippen molar-refractivity contribution in [3.05, 3.63) is 97.2 Å². The minimum Gasteiger partial charge on any atom is -0.462 e. The smallest absolute Gasteiger partial charge is 0.306 e. The Bertz CT molecular complexity index is 1430. The van der Waals surface area contributed by atoms with E-state index in [0.717, 1.165) is 122 Å². The summed E-state index contributed by atoms with van der Waals surface area (Å²) >= 11 is 0. The molecule has 1 atom stereocenters. The summed E-state index contributed by atoms with van der Waals surface area (Å²) in [5, 5.41) is 0. The van der Waals surface area contributed by atoms with Crippen LogP contribution in [0.2, 0.25) is 0 Å². The molecule has 0 N–H and O–H groups in total. The van der Waals surface area contributed by atoms with Crippen LogP contribution in [0, 0.1) is 0 Å². The van der Waals surface area contributed by atoms with Crippen molar-refractivity contribution in [2.75, 3.05) is 13.2 Å². The molecule has 0 aromatic heterocycles. The van der Waals surface area contributed by atoms with Crippen LogP contribution < -0.4 is 0 Å². The molecule has 0 saturated carbocycles. The summed E-state index contributed by atoms with van der Waals surface area (Å²) < 4.78 is 16.7. The highest BCUT2D eigenvalue weighted by atomic mass is 16.6. The molecule has 0 amide bonds. The van der Waals surface area contributed by atoms with Crippen molar-refractivity contribution in [2.45, 2.75) is 290 Å². The lowest BCUT2D eigenvalue weighted by Crippen LogP contribution is -2.30. The van der Waals surface area contributed by atoms with E-state index in [1.807, 2.05) is 0 Å². The Labute approximate surface area is 445 Å². The molecular weight excluding hydrogens is 889 g/mol. The Morgan fingerprint density at radius 3 is 0.875 bits per heavy atom. The first kappa shape index (κ1) is 68.3. The number of ether oxygens (including phenoxy) is 3. The van der Waals surface area contributed by atoms with Gasteiger partial charge in [-0.25, -0.2) is 0 Å². The number of rotatable bonds is 54. The first-order valence-electron chi connectivity index (χ1n) is 30.2. The van der Waals surface area contributed by atoms with Crippen LogP contribution in [0.15, 0.2) is 97.2 Å². The van der Waals surface area contributed by atoms with E-state index in [-0.39, 0.29) is 31.1 Å². The summed E-state index contributed by atoms with van der Waals surface area (Å²) in [5.41, 5.74) is 0. The molecular formula is C66H112O6. The van der Waals surface area contributed by atoms with Crippen LogP contribution in [0.3, 0.4) is 0 Å². The fraction of sp³-hybridized carbons (Fsp3) is 0.712. The second kappa shape index (κ2) is 59.9. The zero-order valence-electron chi connectivity index (χ0n) is 47.2. The molecule has 0 bridgehead atoms. The fourth-order valence-corrected chi connectivity index (χ4v) is 8.30. The number of esters is 3. The summed E-state index contributed by atoms with van der Waals surface area (Å²) in [6.45, 7) is 6.43. The van der Waals surface area contributed by atoms with Crippen molar-refractivity contribution < 1.29 is 28.6 Å². The second-order valence-electron chi connectivity index (χ2n) is 19.9. The average Bonchev–Trinajstić information content (AvgIpc) is 3.38. The van der Waals surface area contributed by atoms with E-state index in [0.29, 0.717) is 19.3 Å². The molecule has 412 valence electrons. The van der Waals surface area contributed by atoms with Gasteiger partial charge in [0.15, 0.2) is 6.10 Å². The Hall–Kier alpha value is -3.67. The van der Waals surface area contributed by atoms with Gasteiger partial charge in [0.25, 0.3) is 0 Å². The van der Waals surface area contributed by atoms with Gasteiger partial charge in [-0.3, -0.25) is 14.4 Å². The highest BCUT2D eigenvalue weighted by molar-refractivity contribution is 5.71.